The van der Waals surface area contributed by atoms with Crippen LogP contribution in [-0.2, 0) is 16.2 Å². The highest BCUT2D eigenvalue weighted by molar-refractivity contribution is 6.76. The van der Waals surface area contributed by atoms with Crippen LogP contribution >= 0.6 is 0 Å². The van der Waals surface area contributed by atoms with Crippen LogP contribution in [0.5, 0.6) is 0 Å². The van der Waals surface area contributed by atoms with E-state index in [9.17, 15) is 4.79 Å². The molecule has 3 rings (SSSR count). The van der Waals surface area contributed by atoms with Crippen LogP contribution in [0.1, 0.15) is 17.2 Å². The Kier molecular flexibility index (Phi) is 6.14. The number of hydrogen-bond acceptors (Lipinski definition) is 3. The molecule has 2 aromatic rings. The summed E-state index contributed by atoms with van der Waals surface area (Å²) in [5, 5.41) is 1.37. The highest BCUT2D eigenvalue weighted by Gasteiger charge is 2.29. The van der Waals surface area contributed by atoms with Crippen LogP contribution in [0.2, 0.25) is 25.7 Å². The summed E-state index contributed by atoms with van der Waals surface area (Å²) < 4.78 is 5.48. The minimum Gasteiger partial charge on any atom is -0.443 e. The molecule has 1 unspecified atom stereocenters. The Morgan fingerprint density at radius 3 is 2.33 bits per heavy atom. The zero-order chi connectivity index (χ0) is 19.3. The number of rotatable bonds is 5. The lowest BCUT2D eigenvalue weighted by atomic mass is 10.1. The molecule has 0 bridgehead atoms. The second kappa shape index (κ2) is 8.54. The first kappa shape index (κ1) is 19.4. The van der Waals surface area contributed by atoms with E-state index in [0.717, 1.165) is 17.2 Å². The lowest BCUT2D eigenvalue weighted by Crippen LogP contribution is -2.38. The predicted octanol–water partition coefficient (Wildman–Crippen LogP) is 5.58. The molecule has 1 atom stereocenters. The van der Waals surface area contributed by atoms with Crippen molar-refractivity contribution in [2.75, 3.05) is 6.54 Å². The first-order valence-electron chi connectivity index (χ1n) is 9.30. The zero-order valence-electron chi connectivity index (χ0n) is 16.2. The molecule has 27 heavy (non-hydrogen) atoms. The van der Waals surface area contributed by atoms with Crippen LogP contribution in [0.4, 0.5) is 4.79 Å². The van der Waals surface area contributed by atoms with E-state index in [4.69, 9.17) is 9.57 Å². The van der Waals surface area contributed by atoms with Gasteiger partial charge in [-0.25, -0.2) is 4.79 Å². The summed E-state index contributed by atoms with van der Waals surface area (Å²) in [6, 6.07) is 20.7. The van der Waals surface area contributed by atoms with Crippen molar-refractivity contribution in [1.82, 2.24) is 5.06 Å². The molecule has 0 aromatic heterocycles. The molecule has 0 spiro atoms. The Morgan fingerprint density at radius 1 is 1.07 bits per heavy atom. The van der Waals surface area contributed by atoms with E-state index in [2.05, 4.69) is 25.7 Å². The molecule has 0 saturated carbocycles. The fraction of sp³-hybridized carbons (Fsp3) is 0.318. The molecule has 0 aliphatic carbocycles. The molecule has 142 valence electrons. The summed E-state index contributed by atoms with van der Waals surface area (Å²) in [6.45, 7) is 7.69. The van der Waals surface area contributed by atoms with E-state index in [1.54, 1.807) is 0 Å². The van der Waals surface area contributed by atoms with E-state index >= 15 is 0 Å². The fourth-order valence-electron chi connectivity index (χ4n) is 3.15. The minimum absolute atomic E-state index is 0.239. The number of hydroxylamine groups is 2. The van der Waals surface area contributed by atoms with Gasteiger partial charge in [0.2, 0.25) is 0 Å². The number of amides is 1. The summed E-state index contributed by atoms with van der Waals surface area (Å²) in [4.78, 5) is 18.6. The van der Waals surface area contributed by atoms with Crippen LogP contribution in [0, 0.1) is 0 Å². The van der Waals surface area contributed by atoms with E-state index in [1.807, 2.05) is 60.7 Å². The minimum atomic E-state index is -1.31. The largest absolute Gasteiger partial charge is 0.443 e. The molecule has 1 heterocycles. The molecular weight excluding hydrogens is 354 g/mol. The normalized spacial score (nSPS) is 17.4. The number of ether oxygens (including phenoxy) is 1. The molecule has 1 amide bonds. The Bertz CT molecular complexity index is 784. The van der Waals surface area contributed by atoms with Crippen LogP contribution in [-0.4, -0.2) is 25.8 Å². The molecule has 0 saturated heterocycles. The van der Waals surface area contributed by atoms with Crippen LogP contribution < -0.4 is 0 Å². The van der Waals surface area contributed by atoms with Gasteiger partial charge in [0.05, 0.1) is 6.54 Å². The third-order valence-corrected chi connectivity index (χ3v) is 5.78. The summed E-state index contributed by atoms with van der Waals surface area (Å²) in [5.41, 5.74) is 3.23. The molecule has 4 nitrogen and oxygen atoms in total. The number of nitrogens with zero attached hydrogens (tertiary/aromatic N) is 1. The summed E-state index contributed by atoms with van der Waals surface area (Å²) in [6.07, 6.45) is 1.45. The molecule has 0 fully saturated rings. The van der Waals surface area contributed by atoms with Crippen LogP contribution in [0.3, 0.4) is 0 Å². The van der Waals surface area contributed by atoms with Crippen molar-refractivity contribution >= 4 is 14.2 Å². The van der Waals surface area contributed by atoms with E-state index in [-0.39, 0.29) is 12.7 Å². The Hall–Kier alpha value is -2.37. The summed E-state index contributed by atoms with van der Waals surface area (Å²) in [7, 11) is -1.31. The van der Waals surface area contributed by atoms with Gasteiger partial charge in [-0.15, -0.1) is 0 Å². The lowest BCUT2D eigenvalue weighted by molar-refractivity contribution is -0.166. The van der Waals surface area contributed by atoms with Gasteiger partial charge in [0, 0.05) is 8.07 Å². The lowest BCUT2D eigenvalue weighted by Gasteiger charge is -2.33. The van der Waals surface area contributed by atoms with Crippen LogP contribution in [0.15, 0.2) is 72.3 Å². The van der Waals surface area contributed by atoms with Gasteiger partial charge in [-0.2, -0.15) is 5.06 Å². The Morgan fingerprint density at radius 2 is 1.70 bits per heavy atom. The highest BCUT2D eigenvalue weighted by atomic mass is 28.3. The molecule has 5 heteroatoms. The standard InChI is InChI=1S/C22H27NO3Si/c1-27(2,3)17-19-14-21(20-12-8-5-9-13-20)26-23(15-19)22(24)25-16-18-10-6-4-7-11-18/h4-14,21H,15-17H2,1-3H3. The number of carbonyl (C=O) groups is 1. The molecule has 2 aromatic carbocycles. The first-order chi connectivity index (χ1) is 12.9. The number of hydrogen-bond donors (Lipinski definition) is 0. The van der Waals surface area contributed by atoms with Crippen molar-refractivity contribution in [3.8, 4) is 0 Å². The Balaban J connectivity index is 1.73. The molecule has 1 aliphatic rings. The maximum absolute atomic E-state index is 12.6. The second-order valence-corrected chi connectivity index (χ2v) is 13.6. The van der Waals surface area contributed by atoms with E-state index in [1.165, 1.54) is 10.6 Å². The maximum atomic E-state index is 12.6. The average Bonchev–Trinajstić information content (AvgIpc) is 2.66. The van der Waals surface area contributed by atoms with Crippen molar-refractivity contribution in [2.45, 2.75) is 38.4 Å². The second-order valence-electron chi connectivity index (χ2n) is 8.08. The summed E-state index contributed by atoms with van der Waals surface area (Å²) in [5.74, 6) is 0. The molecule has 0 N–H and O–H groups in total. The van der Waals surface area contributed by atoms with Crippen LogP contribution in [0.25, 0.3) is 0 Å². The summed E-state index contributed by atoms with van der Waals surface area (Å²) >= 11 is 0. The van der Waals surface area contributed by atoms with Gasteiger partial charge in [-0.05, 0) is 23.2 Å². The first-order valence-corrected chi connectivity index (χ1v) is 13.0. The van der Waals surface area contributed by atoms with Crippen molar-refractivity contribution < 1.29 is 14.4 Å². The van der Waals surface area contributed by atoms with Gasteiger partial charge in [-0.1, -0.05) is 85.9 Å². The molecule has 1 aliphatic heterocycles. The SMILES string of the molecule is C[Si](C)(C)CC1=CC(c2ccccc2)ON(C(=O)OCc2ccccc2)C1. The highest BCUT2D eigenvalue weighted by Crippen LogP contribution is 2.30. The maximum Gasteiger partial charge on any atom is 0.434 e. The van der Waals surface area contributed by atoms with Gasteiger partial charge in [0.15, 0.2) is 0 Å². The predicted molar refractivity (Wildman–Crippen MR) is 110 cm³/mol. The van der Waals surface area contributed by atoms with Crippen molar-refractivity contribution in [3.63, 3.8) is 0 Å². The third-order valence-electron chi connectivity index (χ3n) is 4.27. The number of benzene rings is 2. The van der Waals surface area contributed by atoms with Gasteiger partial charge in [0.1, 0.15) is 12.7 Å². The monoisotopic (exact) mass is 381 g/mol. The quantitative estimate of drug-likeness (QED) is 0.501. The average molecular weight is 382 g/mol. The van der Waals surface area contributed by atoms with E-state index < -0.39 is 14.2 Å². The van der Waals surface area contributed by atoms with Gasteiger partial charge in [-0.3, -0.25) is 4.84 Å². The van der Waals surface area contributed by atoms with E-state index in [0.29, 0.717) is 6.54 Å². The molecular formula is C22H27NO3Si. The fourth-order valence-corrected chi connectivity index (χ4v) is 4.74. The van der Waals surface area contributed by atoms with Gasteiger partial charge in [0.25, 0.3) is 0 Å². The molecule has 0 radical (unpaired) electrons. The topological polar surface area (TPSA) is 38.8 Å². The zero-order valence-corrected chi connectivity index (χ0v) is 17.2. The van der Waals surface area contributed by atoms with Gasteiger partial charge >= 0.3 is 6.09 Å². The Labute approximate surface area is 162 Å². The van der Waals surface area contributed by atoms with Crippen molar-refractivity contribution in [1.29, 1.82) is 0 Å². The smallest absolute Gasteiger partial charge is 0.434 e. The van der Waals surface area contributed by atoms with Crippen molar-refractivity contribution in [2.24, 2.45) is 0 Å². The van der Waals surface area contributed by atoms with Crippen molar-refractivity contribution in [3.05, 3.63) is 83.4 Å². The number of carbonyl (C=O) groups excluding carboxylic acids is 1. The van der Waals surface area contributed by atoms with Gasteiger partial charge < -0.3 is 4.74 Å². The third kappa shape index (κ3) is 5.81.